The van der Waals surface area contributed by atoms with Gasteiger partial charge in [0.15, 0.2) is 5.65 Å². The maximum atomic E-state index is 13.9. The van der Waals surface area contributed by atoms with Crippen LogP contribution in [0.1, 0.15) is 11.4 Å². The van der Waals surface area contributed by atoms with Crippen LogP contribution in [0.4, 0.5) is 17.6 Å². The topological polar surface area (TPSA) is 47.8 Å². The number of aromatic nitrogens is 3. The first kappa shape index (κ1) is 20.0. The number of benzene rings is 2. The summed E-state index contributed by atoms with van der Waals surface area (Å²) >= 11 is 5.84. The van der Waals surface area contributed by atoms with Crippen LogP contribution in [0.25, 0.3) is 28.0 Å². The standard InChI is InChI=1S/C21H12ClF4N3O/c1-11-27-19-18(20(30)29(11)15-8-6-14(23)7-9-15)16(21(24,25)26)10-17(28-19)12-2-4-13(22)5-3-12/h2-10H,1H3. The zero-order chi connectivity index (χ0) is 21.6. The summed E-state index contributed by atoms with van der Waals surface area (Å²) in [5.41, 5.74) is -1.80. The summed E-state index contributed by atoms with van der Waals surface area (Å²) in [6.07, 6.45) is -4.82. The molecule has 0 aliphatic heterocycles. The summed E-state index contributed by atoms with van der Waals surface area (Å²) in [6.45, 7) is 1.47. The highest BCUT2D eigenvalue weighted by atomic mass is 35.5. The zero-order valence-corrected chi connectivity index (χ0v) is 16.1. The van der Waals surface area contributed by atoms with Gasteiger partial charge in [0.1, 0.15) is 11.6 Å². The molecule has 0 saturated carbocycles. The molecule has 152 valence electrons. The van der Waals surface area contributed by atoms with Crippen molar-refractivity contribution >= 4 is 22.6 Å². The van der Waals surface area contributed by atoms with Crippen LogP contribution in [0, 0.1) is 12.7 Å². The maximum Gasteiger partial charge on any atom is 0.417 e. The molecule has 2 aromatic heterocycles. The first-order valence-electron chi connectivity index (χ1n) is 8.68. The van der Waals surface area contributed by atoms with Gasteiger partial charge < -0.3 is 0 Å². The van der Waals surface area contributed by atoms with Crippen LogP contribution in [-0.4, -0.2) is 14.5 Å². The Morgan fingerprint density at radius 3 is 2.20 bits per heavy atom. The van der Waals surface area contributed by atoms with Crippen molar-refractivity contribution < 1.29 is 17.6 Å². The van der Waals surface area contributed by atoms with Crippen LogP contribution in [0.3, 0.4) is 0 Å². The lowest BCUT2D eigenvalue weighted by molar-refractivity contribution is -0.136. The second-order valence-electron chi connectivity index (χ2n) is 6.53. The van der Waals surface area contributed by atoms with Gasteiger partial charge in [-0.3, -0.25) is 9.36 Å². The van der Waals surface area contributed by atoms with Crippen molar-refractivity contribution in [2.75, 3.05) is 0 Å². The van der Waals surface area contributed by atoms with E-state index in [0.717, 1.165) is 22.8 Å². The minimum absolute atomic E-state index is 0.0114. The van der Waals surface area contributed by atoms with E-state index < -0.39 is 28.5 Å². The third-order valence-electron chi connectivity index (χ3n) is 4.54. The molecular weight excluding hydrogens is 422 g/mol. The number of halogens is 5. The minimum atomic E-state index is -4.82. The number of pyridine rings is 1. The predicted molar refractivity (Wildman–Crippen MR) is 105 cm³/mol. The van der Waals surface area contributed by atoms with Gasteiger partial charge in [0.05, 0.1) is 22.3 Å². The molecule has 0 aliphatic carbocycles. The molecular formula is C21H12ClF4N3O. The summed E-state index contributed by atoms with van der Waals surface area (Å²) < 4.78 is 55.9. The average molecular weight is 434 g/mol. The normalized spacial score (nSPS) is 11.8. The summed E-state index contributed by atoms with van der Waals surface area (Å²) in [5.74, 6) is -0.420. The molecule has 9 heteroatoms. The molecule has 0 amide bonds. The predicted octanol–water partition coefficient (Wildman–Crippen LogP) is 5.57. The maximum absolute atomic E-state index is 13.9. The van der Waals surface area contributed by atoms with Crippen molar-refractivity contribution in [2.45, 2.75) is 13.1 Å². The molecule has 0 bridgehead atoms. The first-order chi connectivity index (χ1) is 14.1. The lowest BCUT2D eigenvalue weighted by Gasteiger charge is -2.15. The van der Waals surface area contributed by atoms with Gasteiger partial charge in [-0.1, -0.05) is 23.7 Å². The number of hydrogen-bond donors (Lipinski definition) is 0. The van der Waals surface area contributed by atoms with Crippen molar-refractivity contribution in [3.63, 3.8) is 0 Å². The molecule has 0 N–H and O–H groups in total. The molecule has 2 heterocycles. The largest absolute Gasteiger partial charge is 0.417 e. The van der Waals surface area contributed by atoms with E-state index in [2.05, 4.69) is 9.97 Å². The van der Waals surface area contributed by atoms with Gasteiger partial charge in [-0.05, 0) is 49.4 Å². The van der Waals surface area contributed by atoms with Crippen molar-refractivity contribution in [1.82, 2.24) is 14.5 Å². The van der Waals surface area contributed by atoms with Crippen molar-refractivity contribution in [3.05, 3.63) is 87.2 Å². The number of nitrogens with zero attached hydrogens (tertiary/aromatic N) is 3. The lowest BCUT2D eigenvalue weighted by Crippen LogP contribution is -2.25. The van der Waals surface area contributed by atoms with Crippen LogP contribution in [0.5, 0.6) is 0 Å². The molecule has 0 spiro atoms. The van der Waals surface area contributed by atoms with Gasteiger partial charge in [-0.2, -0.15) is 13.2 Å². The van der Waals surface area contributed by atoms with E-state index in [-0.39, 0.29) is 22.9 Å². The van der Waals surface area contributed by atoms with E-state index in [0.29, 0.717) is 10.6 Å². The summed E-state index contributed by atoms with van der Waals surface area (Å²) in [5, 5.41) is -0.234. The third-order valence-corrected chi connectivity index (χ3v) is 4.79. The molecule has 0 atom stereocenters. The fourth-order valence-corrected chi connectivity index (χ4v) is 3.30. The van der Waals surface area contributed by atoms with E-state index in [9.17, 15) is 22.4 Å². The SMILES string of the molecule is Cc1nc2nc(-c3ccc(Cl)cc3)cc(C(F)(F)F)c2c(=O)n1-c1ccc(F)cc1. The molecule has 2 aromatic carbocycles. The number of hydrogen-bond acceptors (Lipinski definition) is 3. The monoisotopic (exact) mass is 433 g/mol. The molecule has 0 fully saturated rings. The minimum Gasteiger partial charge on any atom is -0.268 e. The Morgan fingerprint density at radius 2 is 1.60 bits per heavy atom. The van der Waals surface area contributed by atoms with Gasteiger partial charge in [-0.25, -0.2) is 14.4 Å². The Bertz CT molecular complexity index is 1310. The number of fused-ring (bicyclic) bond motifs is 1. The fraction of sp³-hybridized carbons (Fsp3) is 0.0952. The molecule has 0 aliphatic rings. The van der Waals surface area contributed by atoms with Crippen molar-refractivity contribution in [2.24, 2.45) is 0 Å². The fourth-order valence-electron chi connectivity index (χ4n) is 3.17. The van der Waals surface area contributed by atoms with E-state index in [1.165, 1.54) is 43.3 Å². The van der Waals surface area contributed by atoms with E-state index in [4.69, 9.17) is 11.6 Å². The van der Waals surface area contributed by atoms with E-state index in [1.807, 2.05) is 0 Å². The lowest BCUT2D eigenvalue weighted by atomic mass is 10.1. The highest BCUT2D eigenvalue weighted by Crippen LogP contribution is 2.35. The molecule has 0 saturated heterocycles. The van der Waals surface area contributed by atoms with E-state index >= 15 is 0 Å². The van der Waals surface area contributed by atoms with Crippen LogP contribution in [0.15, 0.2) is 59.4 Å². The van der Waals surface area contributed by atoms with Gasteiger partial charge in [-0.15, -0.1) is 0 Å². The second-order valence-corrected chi connectivity index (χ2v) is 6.97. The summed E-state index contributed by atoms with van der Waals surface area (Å²) in [7, 11) is 0. The quantitative estimate of drug-likeness (QED) is 0.388. The highest BCUT2D eigenvalue weighted by molar-refractivity contribution is 6.30. The Hall–Kier alpha value is -3.26. The van der Waals surface area contributed by atoms with Crippen LogP contribution in [-0.2, 0) is 6.18 Å². The van der Waals surface area contributed by atoms with Gasteiger partial charge in [0, 0.05) is 10.6 Å². The smallest absolute Gasteiger partial charge is 0.268 e. The highest BCUT2D eigenvalue weighted by Gasteiger charge is 2.36. The van der Waals surface area contributed by atoms with E-state index in [1.54, 1.807) is 0 Å². The van der Waals surface area contributed by atoms with Gasteiger partial charge in [0.2, 0.25) is 0 Å². The number of alkyl halides is 3. The summed E-state index contributed by atoms with van der Waals surface area (Å²) in [4.78, 5) is 21.4. The second kappa shape index (κ2) is 7.21. The molecule has 0 unspecified atom stereocenters. The van der Waals surface area contributed by atoms with Crippen molar-refractivity contribution in [3.8, 4) is 16.9 Å². The summed E-state index contributed by atoms with van der Waals surface area (Å²) in [6, 6.07) is 11.7. The van der Waals surface area contributed by atoms with Crippen LogP contribution < -0.4 is 5.56 Å². The van der Waals surface area contributed by atoms with Crippen molar-refractivity contribution in [1.29, 1.82) is 0 Å². The number of aryl methyl sites for hydroxylation is 1. The number of rotatable bonds is 2. The first-order valence-corrected chi connectivity index (χ1v) is 9.06. The Morgan fingerprint density at radius 1 is 0.967 bits per heavy atom. The molecule has 4 aromatic rings. The van der Waals surface area contributed by atoms with Crippen LogP contribution >= 0.6 is 11.6 Å². The van der Waals surface area contributed by atoms with Gasteiger partial charge in [0.25, 0.3) is 5.56 Å². The Labute approximate surface area is 172 Å². The van der Waals surface area contributed by atoms with Gasteiger partial charge >= 0.3 is 6.18 Å². The molecule has 30 heavy (non-hydrogen) atoms. The molecule has 4 nitrogen and oxygen atoms in total. The average Bonchev–Trinajstić information content (AvgIpc) is 2.68. The molecule has 0 radical (unpaired) electrons. The Kier molecular flexibility index (Phi) is 4.82. The van der Waals surface area contributed by atoms with Crippen LogP contribution in [0.2, 0.25) is 5.02 Å². The third kappa shape index (κ3) is 3.54. The molecule has 4 rings (SSSR count). The Balaban J connectivity index is 2.05. The zero-order valence-electron chi connectivity index (χ0n) is 15.3.